The minimum Gasteiger partial charge on any atom is -0.464 e. The molecule has 2 aromatic rings. The number of benzene rings is 1. The van der Waals surface area contributed by atoms with Crippen LogP contribution in [-0.2, 0) is 16.0 Å². The van der Waals surface area contributed by atoms with Crippen molar-refractivity contribution in [3.8, 4) is 6.07 Å². The molecule has 3 N–H and O–H groups in total. The number of ether oxygens (including phenoxy) is 1. The minimum atomic E-state index is -1.88. The zero-order valence-electron chi connectivity index (χ0n) is 16.5. The SMILES string of the molecule is C=C(C#N)C(=O)N1C[C@@H](F)C[C@@H]1COC(=O)N[C@@H](Cc1coc2ccccc12)B(O)O. The normalized spacial score (nSPS) is 19.0. The Morgan fingerprint density at radius 3 is 2.90 bits per heavy atom. The van der Waals surface area contributed by atoms with Crippen LogP contribution in [-0.4, -0.2) is 65.4 Å². The van der Waals surface area contributed by atoms with Gasteiger partial charge in [0.1, 0.15) is 30.0 Å². The van der Waals surface area contributed by atoms with Crippen LogP contribution < -0.4 is 5.32 Å². The maximum Gasteiger partial charge on any atom is 0.475 e. The van der Waals surface area contributed by atoms with Crippen LogP contribution in [0, 0.1) is 11.3 Å². The summed E-state index contributed by atoms with van der Waals surface area (Å²) in [5.41, 5.74) is 0.952. The number of furan rings is 1. The van der Waals surface area contributed by atoms with Crippen molar-refractivity contribution in [2.45, 2.75) is 31.0 Å². The largest absolute Gasteiger partial charge is 0.475 e. The van der Waals surface area contributed by atoms with Gasteiger partial charge >= 0.3 is 13.2 Å². The second-order valence-corrected chi connectivity index (χ2v) is 7.26. The third-order valence-electron chi connectivity index (χ3n) is 5.09. The lowest BCUT2D eigenvalue weighted by Crippen LogP contribution is -2.49. The second kappa shape index (κ2) is 9.64. The lowest BCUT2D eigenvalue weighted by atomic mass is 9.76. The Morgan fingerprint density at radius 1 is 1.45 bits per heavy atom. The smallest absolute Gasteiger partial charge is 0.464 e. The summed E-state index contributed by atoms with van der Waals surface area (Å²) >= 11 is 0. The van der Waals surface area contributed by atoms with Crippen LogP contribution in [0.1, 0.15) is 12.0 Å². The van der Waals surface area contributed by atoms with E-state index in [0.717, 1.165) is 10.3 Å². The second-order valence-electron chi connectivity index (χ2n) is 7.26. The van der Waals surface area contributed by atoms with Gasteiger partial charge in [-0.3, -0.25) is 4.79 Å². The summed E-state index contributed by atoms with van der Waals surface area (Å²) in [6.07, 6.45) is -0.788. The number of hydrogen-bond donors (Lipinski definition) is 3. The number of alkyl carbamates (subject to hydrolysis) is 1. The molecule has 1 aromatic carbocycles. The molecule has 9 nitrogen and oxygen atoms in total. The van der Waals surface area contributed by atoms with E-state index in [0.29, 0.717) is 11.1 Å². The number of fused-ring (bicyclic) bond motifs is 1. The number of nitriles is 1. The van der Waals surface area contributed by atoms with E-state index in [4.69, 9.17) is 14.4 Å². The minimum absolute atomic E-state index is 0.0508. The highest BCUT2D eigenvalue weighted by Gasteiger charge is 2.37. The number of hydrogen-bond acceptors (Lipinski definition) is 7. The van der Waals surface area contributed by atoms with Gasteiger partial charge in [0.2, 0.25) is 0 Å². The molecule has 3 rings (SSSR count). The number of para-hydroxylation sites is 1. The van der Waals surface area contributed by atoms with Crippen LogP contribution in [0.25, 0.3) is 11.0 Å². The molecule has 11 heteroatoms. The number of likely N-dealkylation sites (tertiary alicyclic amines) is 1. The maximum absolute atomic E-state index is 13.8. The van der Waals surface area contributed by atoms with Crippen LogP contribution >= 0.6 is 0 Å². The van der Waals surface area contributed by atoms with E-state index in [9.17, 15) is 24.0 Å². The highest BCUT2D eigenvalue weighted by atomic mass is 19.1. The summed E-state index contributed by atoms with van der Waals surface area (Å²) < 4.78 is 24.3. The fourth-order valence-corrected chi connectivity index (χ4v) is 3.51. The number of rotatable bonds is 7. The highest BCUT2D eigenvalue weighted by Crippen LogP contribution is 2.23. The summed E-state index contributed by atoms with van der Waals surface area (Å²) in [6.45, 7) is 2.79. The van der Waals surface area contributed by atoms with E-state index in [1.165, 1.54) is 6.26 Å². The summed E-state index contributed by atoms with van der Waals surface area (Å²) in [4.78, 5) is 25.5. The van der Waals surface area contributed by atoms with Crippen LogP contribution in [0.15, 0.2) is 47.1 Å². The number of amides is 2. The number of nitrogens with one attached hydrogen (secondary N) is 1. The molecule has 0 spiro atoms. The number of nitrogens with zero attached hydrogens (tertiary/aromatic N) is 2. The quantitative estimate of drug-likeness (QED) is 0.341. The number of carbonyl (C=O) groups is 2. The molecule has 1 fully saturated rings. The molecule has 1 aliphatic rings. The Kier molecular flexibility index (Phi) is 6.94. The molecule has 31 heavy (non-hydrogen) atoms. The summed E-state index contributed by atoms with van der Waals surface area (Å²) in [5.74, 6) is -1.81. The van der Waals surface area contributed by atoms with Gasteiger partial charge in [-0.25, -0.2) is 9.18 Å². The molecular weight excluding hydrogens is 408 g/mol. The molecule has 162 valence electrons. The monoisotopic (exact) mass is 429 g/mol. The van der Waals surface area contributed by atoms with Crippen molar-refractivity contribution in [3.63, 3.8) is 0 Å². The molecule has 0 aliphatic carbocycles. The van der Waals surface area contributed by atoms with Gasteiger partial charge in [-0.05, 0) is 18.1 Å². The van der Waals surface area contributed by atoms with Crippen molar-refractivity contribution in [3.05, 3.63) is 48.2 Å². The molecule has 3 atom stereocenters. The van der Waals surface area contributed by atoms with E-state index >= 15 is 0 Å². The van der Waals surface area contributed by atoms with Gasteiger partial charge in [-0.2, -0.15) is 5.26 Å². The molecule has 0 unspecified atom stereocenters. The molecule has 0 bridgehead atoms. The first-order chi connectivity index (χ1) is 14.8. The van der Waals surface area contributed by atoms with Crippen molar-refractivity contribution in [2.24, 2.45) is 0 Å². The van der Waals surface area contributed by atoms with Gasteiger partial charge in [0, 0.05) is 11.8 Å². The average Bonchev–Trinajstić information content (AvgIpc) is 3.33. The zero-order valence-corrected chi connectivity index (χ0v) is 16.5. The fraction of sp³-hybridized carbons (Fsp3) is 0.350. The maximum atomic E-state index is 13.8. The van der Waals surface area contributed by atoms with Gasteiger partial charge in [0.05, 0.1) is 24.8 Å². The predicted octanol–water partition coefficient (Wildman–Crippen LogP) is 1.10. The standard InChI is InChI=1S/C20H21BFN3O6/c1-12(8-23)19(26)25-9-14(22)7-15(25)11-31-20(27)24-18(21(28)29)6-13-10-30-17-5-3-2-4-16(13)17/h2-5,10,14-15,18,28-29H,1,6-7,9,11H2,(H,24,27)/t14-,15+,18-/m0/s1. The van der Waals surface area contributed by atoms with Crippen molar-refractivity contribution in [2.75, 3.05) is 13.2 Å². The Morgan fingerprint density at radius 2 is 2.19 bits per heavy atom. The van der Waals surface area contributed by atoms with Crippen molar-refractivity contribution < 1.29 is 33.2 Å². The van der Waals surface area contributed by atoms with Gasteiger partial charge in [-0.1, -0.05) is 24.8 Å². The first kappa shape index (κ1) is 22.3. The van der Waals surface area contributed by atoms with Crippen molar-refractivity contribution in [1.82, 2.24) is 10.2 Å². The topological polar surface area (TPSA) is 136 Å². The third-order valence-corrected chi connectivity index (χ3v) is 5.09. The van der Waals surface area contributed by atoms with Crippen LogP contribution in [0.2, 0.25) is 0 Å². The first-order valence-electron chi connectivity index (χ1n) is 9.58. The van der Waals surface area contributed by atoms with Crippen LogP contribution in [0.3, 0.4) is 0 Å². The first-order valence-corrected chi connectivity index (χ1v) is 9.58. The predicted molar refractivity (Wildman–Crippen MR) is 108 cm³/mol. The van der Waals surface area contributed by atoms with E-state index < -0.39 is 37.3 Å². The van der Waals surface area contributed by atoms with Crippen molar-refractivity contribution in [1.29, 1.82) is 5.26 Å². The molecule has 1 saturated heterocycles. The molecule has 0 saturated carbocycles. The Balaban J connectivity index is 1.59. The lowest BCUT2D eigenvalue weighted by molar-refractivity contribution is -0.128. The zero-order chi connectivity index (χ0) is 22.5. The van der Waals surface area contributed by atoms with E-state index in [2.05, 4.69) is 11.9 Å². The van der Waals surface area contributed by atoms with E-state index in [-0.39, 0.29) is 31.6 Å². The molecule has 2 heterocycles. The van der Waals surface area contributed by atoms with Crippen molar-refractivity contribution >= 4 is 30.1 Å². The lowest BCUT2D eigenvalue weighted by Gasteiger charge is -2.24. The summed E-state index contributed by atoms with van der Waals surface area (Å²) in [7, 11) is -1.88. The Bertz CT molecular complexity index is 1020. The molecule has 1 aliphatic heterocycles. The Hall–Kier alpha value is -3.36. The molecule has 2 amide bonds. The fourth-order valence-electron chi connectivity index (χ4n) is 3.51. The van der Waals surface area contributed by atoms with Gasteiger partial charge in [-0.15, -0.1) is 0 Å². The number of carbonyl (C=O) groups excluding carboxylic acids is 2. The highest BCUT2D eigenvalue weighted by molar-refractivity contribution is 6.43. The summed E-state index contributed by atoms with van der Waals surface area (Å²) in [5, 5.41) is 31.3. The molecule has 1 aromatic heterocycles. The van der Waals surface area contributed by atoms with Crippen LogP contribution in [0.4, 0.5) is 9.18 Å². The van der Waals surface area contributed by atoms with E-state index in [1.54, 1.807) is 24.3 Å². The summed E-state index contributed by atoms with van der Waals surface area (Å²) in [6, 6.07) is 8.04. The molecule has 0 radical (unpaired) electrons. The Labute approximate surface area is 177 Å². The average molecular weight is 429 g/mol. The van der Waals surface area contributed by atoms with Crippen LogP contribution in [0.5, 0.6) is 0 Å². The third kappa shape index (κ3) is 5.23. The van der Waals surface area contributed by atoms with Gasteiger partial charge in [0.25, 0.3) is 5.91 Å². The number of halogens is 1. The number of alkyl halides is 1. The van der Waals surface area contributed by atoms with E-state index in [1.807, 2.05) is 6.07 Å². The molecular formula is C20H21BFN3O6. The van der Waals surface area contributed by atoms with Gasteiger partial charge < -0.3 is 29.4 Å². The van der Waals surface area contributed by atoms with Gasteiger partial charge in [0.15, 0.2) is 0 Å².